The molecule has 28 heavy (non-hydrogen) atoms. The van der Waals surface area contributed by atoms with Crippen LogP contribution in [-0.2, 0) is 19.1 Å². The summed E-state index contributed by atoms with van der Waals surface area (Å²) in [5, 5.41) is 3.13. The molecule has 164 valence electrons. The number of carbonyl (C=O) groups excluding carboxylic acids is 2. The van der Waals surface area contributed by atoms with Gasteiger partial charge >= 0.3 is 0 Å². The van der Waals surface area contributed by atoms with Crippen LogP contribution in [0.3, 0.4) is 0 Å². The van der Waals surface area contributed by atoms with Crippen molar-refractivity contribution in [1.82, 2.24) is 5.32 Å². The molecule has 1 N–H and O–H groups in total. The standard InChI is InChI=1S/C23H41NO4.H2/c1-4-27-15-18-5-7-19(8-6-18)16-28-14-13-22(25)24-21-11-9-20(10-12-21)23(26)17(2)3;/h17-21H,4-16H2,1-3H3,(H,24,25);1H. The molecule has 0 unspecified atom stereocenters. The van der Waals surface area contributed by atoms with Gasteiger partial charge in [0, 0.05) is 45.5 Å². The molecule has 0 aromatic rings. The highest BCUT2D eigenvalue weighted by Gasteiger charge is 2.28. The quantitative estimate of drug-likeness (QED) is 0.525. The van der Waals surface area contributed by atoms with Gasteiger partial charge in [0.2, 0.25) is 5.91 Å². The molecular formula is C23H43NO4. The molecule has 2 aliphatic carbocycles. The van der Waals surface area contributed by atoms with Crippen LogP contribution in [0, 0.1) is 23.7 Å². The Bertz CT molecular complexity index is 469. The van der Waals surface area contributed by atoms with Gasteiger partial charge in [-0.2, -0.15) is 0 Å². The molecule has 0 saturated heterocycles. The van der Waals surface area contributed by atoms with Crippen molar-refractivity contribution in [3.05, 3.63) is 0 Å². The van der Waals surface area contributed by atoms with E-state index in [0.717, 1.165) is 45.5 Å². The zero-order valence-electron chi connectivity index (χ0n) is 18.2. The average molecular weight is 398 g/mol. The number of hydrogen-bond acceptors (Lipinski definition) is 4. The van der Waals surface area contributed by atoms with Gasteiger partial charge in [-0.3, -0.25) is 9.59 Å². The van der Waals surface area contributed by atoms with E-state index in [-0.39, 0.29) is 25.2 Å². The minimum Gasteiger partial charge on any atom is -0.381 e. The van der Waals surface area contributed by atoms with E-state index in [4.69, 9.17) is 9.47 Å². The largest absolute Gasteiger partial charge is 0.381 e. The van der Waals surface area contributed by atoms with Crippen LogP contribution >= 0.6 is 0 Å². The molecular weight excluding hydrogens is 354 g/mol. The Morgan fingerprint density at radius 3 is 2.04 bits per heavy atom. The van der Waals surface area contributed by atoms with E-state index in [1.807, 2.05) is 13.8 Å². The molecule has 5 nitrogen and oxygen atoms in total. The molecule has 2 saturated carbocycles. The second-order valence-electron chi connectivity index (χ2n) is 9.04. The molecule has 0 aliphatic heterocycles. The fraction of sp³-hybridized carbons (Fsp3) is 0.913. The third kappa shape index (κ3) is 8.20. The van der Waals surface area contributed by atoms with Crippen LogP contribution < -0.4 is 5.32 Å². The summed E-state index contributed by atoms with van der Waals surface area (Å²) >= 11 is 0. The fourth-order valence-electron chi connectivity index (χ4n) is 4.56. The summed E-state index contributed by atoms with van der Waals surface area (Å²) < 4.78 is 11.3. The molecule has 0 heterocycles. The molecule has 0 radical (unpaired) electrons. The SMILES string of the molecule is CCOCC1CCC(COCCC(=O)NC2CCC(C(=O)C(C)C)CC2)CC1.[HH]. The van der Waals surface area contributed by atoms with Crippen molar-refractivity contribution >= 4 is 11.7 Å². The maximum absolute atomic E-state index is 12.2. The van der Waals surface area contributed by atoms with Crippen LogP contribution in [0.2, 0.25) is 0 Å². The number of nitrogens with one attached hydrogen (secondary N) is 1. The monoisotopic (exact) mass is 397 g/mol. The lowest BCUT2D eigenvalue weighted by molar-refractivity contribution is -0.127. The molecule has 2 aliphatic rings. The van der Waals surface area contributed by atoms with Gasteiger partial charge in [0.1, 0.15) is 5.78 Å². The van der Waals surface area contributed by atoms with Crippen LogP contribution in [0.5, 0.6) is 0 Å². The van der Waals surface area contributed by atoms with Crippen LogP contribution in [0.15, 0.2) is 0 Å². The highest BCUT2D eigenvalue weighted by Crippen LogP contribution is 2.29. The van der Waals surface area contributed by atoms with Crippen molar-refractivity contribution in [1.29, 1.82) is 0 Å². The Morgan fingerprint density at radius 1 is 0.929 bits per heavy atom. The lowest BCUT2D eigenvalue weighted by atomic mass is 9.80. The van der Waals surface area contributed by atoms with Gasteiger partial charge < -0.3 is 14.8 Å². The highest BCUT2D eigenvalue weighted by molar-refractivity contribution is 5.83. The van der Waals surface area contributed by atoms with E-state index < -0.39 is 0 Å². The number of amides is 1. The van der Waals surface area contributed by atoms with Crippen LogP contribution in [0.4, 0.5) is 0 Å². The first-order valence-electron chi connectivity index (χ1n) is 11.5. The minimum absolute atomic E-state index is 0. The van der Waals surface area contributed by atoms with Crippen molar-refractivity contribution in [2.24, 2.45) is 23.7 Å². The van der Waals surface area contributed by atoms with Crippen molar-refractivity contribution < 1.29 is 20.5 Å². The van der Waals surface area contributed by atoms with Crippen molar-refractivity contribution in [3.8, 4) is 0 Å². The first-order chi connectivity index (χ1) is 13.5. The zero-order chi connectivity index (χ0) is 20.4. The van der Waals surface area contributed by atoms with Gasteiger partial charge in [-0.25, -0.2) is 0 Å². The van der Waals surface area contributed by atoms with E-state index in [1.165, 1.54) is 25.7 Å². The number of hydrogen-bond donors (Lipinski definition) is 1. The topological polar surface area (TPSA) is 64.6 Å². The van der Waals surface area contributed by atoms with E-state index >= 15 is 0 Å². The van der Waals surface area contributed by atoms with E-state index in [1.54, 1.807) is 0 Å². The van der Waals surface area contributed by atoms with Gasteiger partial charge in [-0.05, 0) is 70.1 Å². The molecule has 0 atom stereocenters. The number of ether oxygens (including phenoxy) is 2. The second kappa shape index (κ2) is 12.6. The number of ketones is 1. The molecule has 0 aromatic heterocycles. The predicted molar refractivity (Wildman–Crippen MR) is 113 cm³/mol. The summed E-state index contributed by atoms with van der Waals surface area (Å²) in [4.78, 5) is 24.2. The van der Waals surface area contributed by atoms with Gasteiger partial charge in [0.25, 0.3) is 0 Å². The Kier molecular flexibility index (Phi) is 10.5. The summed E-state index contributed by atoms with van der Waals surface area (Å²) in [6, 6.07) is 0.226. The first-order valence-corrected chi connectivity index (χ1v) is 11.5. The Morgan fingerprint density at radius 2 is 1.50 bits per heavy atom. The average Bonchev–Trinajstić information content (AvgIpc) is 2.70. The summed E-state index contributed by atoms with van der Waals surface area (Å²) in [5.74, 6) is 2.12. The molecule has 2 rings (SSSR count). The summed E-state index contributed by atoms with van der Waals surface area (Å²) in [5.41, 5.74) is 0. The van der Waals surface area contributed by atoms with Crippen molar-refractivity contribution in [3.63, 3.8) is 0 Å². The second-order valence-corrected chi connectivity index (χ2v) is 9.04. The highest BCUT2D eigenvalue weighted by atomic mass is 16.5. The van der Waals surface area contributed by atoms with Crippen LogP contribution in [0.25, 0.3) is 0 Å². The summed E-state index contributed by atoms with van der Waals surface area (Å²) in [6.07, 6.45) is 8.97. The van der Waals surface area contributed by atoms with Gasteiger partial charge in [-0.1, -0.05) is 13.8 Å². The van der Waals surface area contributed by atoms with E-state index in [2.05, 4.69) is 12.2 Å². The van der Waals surface area contributed by atoms with Gasteiger partial charge in [0.15, 0.2) is 0 Å². The fourth-order valence-corrected chi connectivity index (χ4v) is 4.56. The van der Waals surface area contributed by atoms with Crippen LogP contribution in [0.1, 0.15) is 80.0 Å². The Hall–Kier alpha value is -0.940. The number of Topliss-reactive ketones (excluding diaryl/α,β-unsaturated/α-hetero) is 1. The lowest BCUT2D eigenvalue weighted by Crippen LogP contribution is -2.39. The first kappa shape index (κ1) is 23.3. The third-order valence-corrected chi connectivity index (χ3v) is 6.41. The Labute approximate surface area is 172 Å². The van der Waals surface area contributed by atoms with Gasteiger partial charge in [-0.15, -0.1) is 0 Å². The molecule has 0 bridgehead atoms. The molecule has 1 amide bonds. The smallest absolute Gasteiger partial charge is 0.222 e. The number of carbonyl (C=O) groups is 2. The molecule has 0 spiro atoms. The van der Waals surface area contributed by atoms with Gasteiger partial charge in [0.05, 0.1) is 6.61 Å². The third-order valence-electron chi connectivity index (χ3n) is 6.41. The molecule has 5 heteroatoms. The number of rotatable bonds is 11. The summed E-state index contributed by atoms with van der Waals surface area (Å²) in [6.45, 7) is 8.99. The zero-order valence-corrected chi connectivity index (χ0v) is 18.2. The Balaban J connectivity index is 0.00000420. The van der Waals surface area contributed by atoms with E-state index in [9.17, 15) is 9.59 Å². The maximum Gasteiger partial charge on any atom is 0.222 e. The maximum atomic E-state index is 12.2. The molecule has 2 fully saturated rings. The van der Waals surface area contributed by atoms with E-state index in [0.29, 0.717) is 30.6 Å². The normalized spacial score (nSPS) is 28.3. The minimum atomic E-state index is 0. The molecule has 0 aromatic carbocycles. The van der Waals surface area contributed by atoms with Crippen molar-refractivity contribution in [2.75, 3.05) is 26.4 Å². The predicted octanol–water partition coefficient (Wildman–Crippen LogP) is 4.38. The lowest BCUT2D eigenvalue weighted by Gasteiger charge is -2.29. The van der Waals surface area contributed by atoms with Crippen molar-refractivity contribution in [2.45, 2.75) is 84.6 Å². The summed E-state index contributed by atoms with van der Waals surface area (Å²) in [7, 11) is 0. The van der Waals surface area contributed by atoms with Crippen LogP contribution in [-0.4, -0.2) is 44.2 Å².